The van der Waals surface area contributed by atoms with Crippen LogP contribution in [-0.2, 0) is 0 Å². The Morgan fingerprint density at radius 1 is 1.45 bits per heavy atom. The number of nitrogens with one attached hydrogen (secondary N) is 1. The van der Waals surface area contributed by atoms with Crippen molar-refractivity contribution in [3.8, 4) is 0 Å². The molecule has 1 aliphatic carbocycles. The molecule has 1 aliphatic rings. The van der Waals surface area contributed by atoms with E-state index in [0.717, 1.165) is 25.7 Å². The lowest BCUT2D eigenvalue weighted by Gasteiger charge is -2.28. The molecule has 2 atom stereocenters. The summed E-state index contributed by atoms with van der Waals surface area (Å²) in [4.78, 5) is 15.7. The Labute approximate surface area is 115 Å². The molecule has 7 nitrogen and oxygen atoms in total. The van der Waals surface area contributed by atoms with Crippen LogP contribution in [-0.4, -0.2) is 37.8 Å². The number of amides is 1. The number of nitrogens with two attached hydrogens (primary N) is 1. The van der Waals surface area contributed by atoms with Gasteiger partial charge < -0.3 is 16.2 Å². The van der Waals surface area contributed by atoms with E-state index >= 15 is 0 Å². The first-order valence-electron chi connectivity index (χ1n) is 6.74. The summed E-state index contributed by atoms with van der Waals surface area (Å²) in [6, 6.07) is 1.77. The summed E-state index contributed by atoms with van der Waals surface area (Å²) in [5, 5.41) is 17.2. The van der Waals surface area contributed by atoms with E-state index in [1.807, 2.05) is 0 Å². The number of rotatable bonds is 3. The molecule has 2 heterocycles. The number of aromatic nitrogens is 3. The van der Waals surface area contributed by atoms with Gasteiger partial charge in [-0.25, -0.2) is 9.50 Å². The fourth-order valence-corrected chi connectivity index (χ4v) is 2.59. The summed E-state index contributed by atoms with van der Waals surface area (Å²) in [6.45, 7) is 0. The molecule has 0 aliphatic heterocycles. The molecule has 3 rings (SSSR count). The Bertz CT molecular complexity index is 639. The lowest BCUT2D eigenvalue weighted by molar-refractivity contribution is 0.100. The number of carbonyl (C=O) groups is 1. The van der Waals surface area contributed by atoms with Gasteiger partial charge in [0.25, 0.3) is 5.91 Å². The molecule has 1 fully saturated rings. The number of carbonyl (C=O) groups excluding carboxylic acids is 1. The Morgan fingerprint density at radius 3 is 3.00 bits per heavy atom. The second-order valence-corrected chi connectivity index (χ2v) is 5.11. The van der Waals surface area contributed by atoms with Gasteiger partial charge in [0.05, 0.1) is 18.3 Å². The summed E-state index contributed by atoms with van der Waals surface area (Å²) >= 11 is 0. The van der Waals surface area contributed by atoms with E-state index in [1.54, 1.807) is 12.3 Å². The maximum Gasteiger partial charge on any atom is 0.254 e. The molecular weight excluding hydrogens is 258 g/mol. The molecule has 2 aromatic rings. The van der Waals surface area contributed by atoms with Crippen LogP contribution in [0.5, 0.6) is 0 Å². The maximum atomic E-state index is 11.3. The van der Waals surface area contributed by atoms with Gasteiger partial charge in [0, 0.05) is 6.20 Å². The molecule has 0 radical (unpaired) electrons. The fraction of sp³-hybridized carbons (Fsp3) is 0.462. The van der Waals surface area contributed by atoms with Gasteiger partial charge in [0.15, 0.2) is 5.65 Å². The van der Waals surface area contributed by atoms with E-state index in [9.17, 15) is 9.90 Å². The van der Waals surface area contributed by atoms with Gasteiger partial charge in [-0.05, 0) is 18.9 Å². The van der Waals surface area contributed by atoms with Crippen LogP contribution >= 0.6 is 0 Å². The SMILES string of the molecule is NC(=O)c1cnn2ccc(N[C@@H]3CCCC[C@@H]3O)nc12. The smallest absolute Gasteiger partial charge is 0.254 e. The van der Waals surface area contributed by atoms with Crippen LogP contribution in [0.25, 0.3) is 5.65 Å². The van der Waals surface area contributed by atoms with Crippen LogP contribution in [0.3, 0.4) is 0 Å². The number of hydrogen-bond donors (Lipinski definition) is 3. The van der Waals surface area contributed by atoms with Gasteiger partial charge >= 0.3 is 0 Å². The van der Waals surface area contributed by atoms with Crippen molar-refractivity contribution in [2.24, 2.45) is 5.73 Å². The second kappa shape index (κ2) is 5.09. The molecule has 7 heteroatoms. The lowest BCUT2D eigenvalue weighted by atomic mass is 9.93. The highest BCUT2D eigenvalue weighted by Gasteiger charge is 2.23. The largest absolute Gasteiger partial charge is 0.391 e. The van der Waals surface area contributed by atoms with E-state index in [1.165, 1.54) is 10.7 Å². The number of hydrogen-bond acceptors (Lipinski definition) is 5. The molecule has 0 saturated heterocycles. The van der Waals surface area contributed by atoms with E-state index in [4.69, 9.17) is 5.73 Å². The molecule has 1 saturated carbocycles. The Morgan fingerprint density at radius 2 is 2.25 bits per heavy atom. The topological polar surface area (TPSA) is 106 Å². The van der Waals surface area contributed by atoms with Crippen LogP contribution in [0.4, 0.5) is 5.82 Å². The fourth-order valence-electron chi connectivity index (χ4n) is 2.59. The molecule has 20 heavy (non-hydrogen) atoms. The van der Waals surface area contributed by atoms with Crippen LogP contribution in [0.2, 0.25) is 0 Å². The van der Waals surface area contributed by atoms with E-state index in [-0.39, 0.29) is 17.7 Å². The summed E-state index contributed by atoms with van der Waals surface area (Å²) in [5.41, 5.74) is 6.00. The third-order valence-electron chi connectivity index (χ3n) is 3.70. The number of fused-ring (bicyclic) bond motifs is 1. The first kappa shape index (κ1) is 12.9. The minimum atomic E-state index is -0.553. The third kappa shape index (κ3) is 2.32. The first-order chi connectivity index (χ1) is 9.65. The highest BCUT2D eigenvalue weighted by atomic mass is 16.3. The molecule has 0 spiro atoms. The summed E-state index contributed by atoms with van der Waals surface area (Å²) < 4.78 is 1.50. The van der Waals surface area contributed by atoms with Crippen molar-refractivity contribution in [1.29, 1.82) is 0 Å². The van der Waals surface area contributed by atoms with Gasteiger partial charge in [0.1, 0.15) is 11.4 Å². The quantitative estimate of drug-likeness (QED) is 0.758. The maximum absolute atomic E-state index is 11.3. The van der Waals surface area contributed by atoms with Crippen LogP contribution in [0, 0.1) is 0 Å². The van der Waals surface area contributed by atoms with Crippen LogP contribution in [0.15, 0.2) is 18.5 Å². The van der Waals surface area contributed by atoms with Gasteiger partial charge in [0.2, 0.25) is 0 Å². The highest BCUT2D eigenvalue weighted by Crippen LogP contribution is 2.22. The Hall–Kier alpha value is -2.15. The molecule has 2 aromatic heterocycles. The standard InChI is InChI=1S/C13H17N5O2/c14-12(20)8-7-15-18-6-5-11(17-13(8)18)16-9-3-1-2-4-10(9)19/h5-7,9-10,19H,1-4H2,(H2,14,20)(H,16,17)/t9-,10+/m1/s1. The van der Waals surface area contributed by atoms with Crippen molar-refractivity contribution >= 4 is 17.4 Å². The van der Waals surface area contributed by atoms with Gasteiger partial charge in [-0.1, -0.05) is 12.8 Å². The molecule has 4 N–H and O–H groups in total. The first-order valence-corrected chi connectivity index (χ1v) is 6.74. The van der Waals surface area contributed by atoms with Crippen molar-refractivity contribution in [3.05, 3.63) is 24.0 Å². The Kier molecular flexibility index (Phi) is 3.27. The van der Waals surface area contributed by atoms with Crippen molar-refractivity contribution in [1.82, 2.24) is 14.6 Å². The molecule has 0 bridgehead atoms. The third-order valence-corrected chi connectivity index (χ3v) is 3.70. The van der Waals surface area contributed by atoms with Crippen molar-refractivity contribution in [2.75, 3.05) is 5.32 Å². The average Bonchev–Trinajstić information content (AvgIpc) is 2.84. The zero-order chi connectivity index (χ0) is 14.1. The predicted molar refractivity (Wildman–Crippen MR) is 73.4 cm³/mol. The monoisotopic (exact) mass is 275 g/mol. The minimum absolute atomic E-state index is 0.00125. The van der Waals surface area contributed by atoms with Crippen molar-refractivity contribution in [3.63, 3.8) is 0 Å². The summed E-state index contributed by atoms with van der Waals surface area (Å²) in [6.07, 6.45) is 6.63. The predicted octanol–water partition coefficient (Wildman–Crippen LogP) is 0.544. The van der Waals surface area contributed by atoms with Crippen molar-refractivity contribution in [2.45, 2.75) is 37.8 Å². The Balaban J connectivity index is 1.88. The summed E-state index contributed by atoms with van der Waals surface area (Å²) in [7, 11) is 0. The summed E-state index contributed by atoms with van der Waals surface area (Å²) in [5.74, 6) is 0.0637. The number of nitrogens with zero attached hydrogens (tertiary/aromatic N) is 3. The van der Waals surface area contributed by atoms with Gasteiger partial charge in [-0.3, -0.25) is 4.79 Å². The second-order valence-electron chi connectivity index (χ2n) is 5.11. The minimum Gasteiger partial charge on any atom is -0.391 e. The van der Waals surface area contributed by atoms with E-state index in [0.29, 0.717) is 11.5 Å². The van der Waals surface area contributed by atoms with Crippen molar-refractivity contribution < 1.29 is 9.90 Å². The highest BCUT2D eigenvalue weighted by molar-refractivity contribution is 5.98. The van der Waals surface area contributed by atoms with Gasteiger partial charge in [-0.2, -0.15) is 5.10 Å². The van der Waals surface area contributed by atoms with Gasteiger partial charge in [-0.15, -0.1) is 0 Å². The average molecular weight is 275 g/mol. The van der Waals surface area contributed by atoms with E-state index < -0.39 is 5.91 Å². The normalized spacial score (nSPS) is 22.9. The molecule has 0 unspecified atom stereocenters. The number of primary amides is 1. The van der Waals surface area contributed by atoms with Crippen LogP contribution < -0.4 is 11.1 Å². The molecule has 1 amide bonds. The molecular formula is C13H17N5O2. The lowest BCUT2D eigenvalue weighted by Crippen LogP contribution is -2.36. The zero-order valence-corrected chi connectivity index (χ0v) is 11.0. The molecule has 0 aromatic carbocycles. The molecule has 106 valence electrons. The zero-order valence-electron chi connectivity index (χ0n) is 11.0. The van der Waals surface area contributed by atoms with Crippen LogP contribution in [0.1, 0.15) is 36.0 Å². The van der Waals surface area contributed by atoms with E-state index in [2.05, 4.69) is 15.4 Å². The number of aliphatic hydroxyl groups is 1. The number of anilines is 1. The number of aliphatic hydroxyl groups excluding tert-OH is 1.